The molecule has 2 aliphatic rings. The van der Waals surface area contributed by atoms with Crippen molar-refractivity contribution in [3.8, 4) is 23.8 Å². The number of hydrogen-bond donors (Lipinski definition) is 0. The van der Waals surface area contributed by atoms with Crippen molar-refractivity contribution in [3.63, 3.8) is 0 Å². The molecule has 1 aromatic carbocycles. The van der Waals surface area contributed by atoms with Crippen LogP contribution in [0.1, 0.15) is 25.3 Å². The third kappa shape index (κ3) is 3.63. The third-order valence-corrected chi connectivity index (χ3v) is 4.99. The first kappa shape index (κ1) is 16.2. The van der Waals surface area contributed by atoms with Gasteiger partial charge in [0.1, 0.15) is 6.61 Å². The van der Waals surface area contributed by atoms with Crippen LogP contribution >= 0.6 is 0 Å². The molecular formula is C19H26N2O2. The zero-order valence-electron chi connectivity index (χ0n) is 14.1. The van der Waals surface area contributed by atoms with Gasteiger partial charge in [0.2, 0.25) is 0 Å². The van der Waals surface area contributed by atoms with Crippen molar-refractivity contribution in [3.05, 3.63) is 23.8 Å². The first-order chi connectivity index (χ1) is 11.2. The second kappa shape index (κ2) is 7.25. The average Bonchev–Trinajstić information content (AvgIpc) is 3.00. The second-order valence-corrected chi connectivity index (χ2v) is 6.55. The summed E-state index contributed by atoms with van der Waals surface area (Å²) in [5.74, 6) is 3.95. The smallest absolute Gasteiger partial charge is 0.162 e. The van der Waals surface area contributed by atoms with Crippen molar-refractivity contribution in [2.45, 2.75) is 38.4 Å². The van der Waals surface area contributed by atoms with Crippen molar-refractivity contribution in [2.75, 3.05) is 33.4 Å². The van der Waals surface area contributed by atoms with Crippen LogP contribution in [0.4, 0.5) is 0 Å². The molecule has 124 valence electrons. The normalized spacial score (nSPS) is 24.9. The fourth-order valence-electron chi connectivity index (χ4n) is 3.75. The number of terminal acetylenes is 1. The highest BCUT2D eigenvalue weighted by atomic mass is 16.5. The summed E-state index contributed by atoms with van der Waals surface area (Å²) in [7, 11) is 1.67. The molecule has 2 saturated heterocycles. The van der Waals surface area contributed by atoms with Gasteiger partial charge in [-0.2, -0.15) is 0 Å². The van der Waals surface area contributed by atoms with Gasteiger partial charge in [-0.1, -0.05) is 12.0 Å². The van der Waals surface area contributed by atoms with Crippen LogP contribution in [-0.2, 0) is 6.54 Å². The molecule has 0 saturated carbocycles. The summed E-state index contributed by atoms with van der Waals surface area (Å²) in [5, 5.41) is 0. The molecule has 23 heavy (non-hydrogen) atoms. The molecule has 2 heterocycles. The summed E-state index contributed by atoms with van der Waals surface area (Å²) < 4.78 is 11.0. The van der Waals surface area contributed by atoms with Crippen molar-refractivity contribution < 1.29 is 9.47 Å². The lowest BCUT2D eigenvalue weighted by atomic mass is 10.1. The van der Waals surface area contributed by atoms with E-state index in [9.17, 15) is 0 Å². The topological polar surface area (TPSA) is 24.9 Å². The van der Waals surface area contributed by atoms with Gasteiger partial charge in [0, 0.05) is 31.7 Å². The van der Waals surface area contributed by atoms with E-state index in [4.69, 9.17) is 15.9 Å². The Morgan fingerprint density at radius 3 is 2.96 bits per heavy atom. The molecular weight excluding hydrogens is 288 g/mol. The molecule has 2 fully saturated rings. The van der Waals surface area contributed by atoms with Crippen LogP contribution in [0.5, 0.6) is 11.5 Å². The maximum absolute atomic E-state index is 5.52. The highest BCUT2D eigenvalue weighted by Gasteiger charge is 2.34. The summed E-state index contributed by atoms with van der Waals surface area (Å²) in [6, 6.07) is 7.48. The Kier molecular flexibility index (Phi) is 5.09. The molecule has 4 nitrogen and oxygen atoms in total. The summed E-state index contributed by atoms with van der Waals surface area (Å²) in [6.45, 7) is 7.17. The molecule has 0 amide bonds. The molecule has 0 bridgehead atoms. The fraction of sp³-hybridized carbons (Fsp3) is 0.579. The van der Waals surface area contributed by atoms with E-state index in [0.29, 0.717) is 11.8 Å². The first-order valence-corrected chi connectivity index (χ1v) is 8.42. The Morgan fingerprint density at radius 1 is 1.30 bits per heavy atom. The molecule has 0 aliphatic carbocycles. The Hall–Kier alpha value is -1.70. The van der Waals surface area contributed by atoms with Crippen LogP contribution in [-0.4, -0.2) is 55.2 Å². The summed E-state index contributed by atoms with van der Waals surface area (Å²) in [4.78, 5) is 5.24. The SMILES string of the molecule is C#CCOc1ccc(CN2C[C@H]3CCCN3C[C@H]2C)cc1OC. The van der Waals surface area contributed by atoms with E-state index in [1.54, 1.807) is 7.11 Å². The fourth-order valence-corrected chi connectivity index (χ4v) is 3.75. The largest absolute Gasteiger partial charge is 0.493 e. The van der Waals surface area contributed by atoms with Gasteiger partial charge >= 0.3 is 0 Å². The van der Waals surface area contributed by atoms with E-state index in [-0.39, 0.29) is 6.61 Å². The van der Waals surface area contributed by atoms with Crippen LogP contribution in [0, 0.1) is 12.3 Å². The lowest BCUT2D eigenvalue weighted by Gasteiger charge is -2.42. The molecule has 0 N–H and O–H groups in total. The zero-order chi connectivity index (χ0) is 16.2. The third-order valence-electron chi connectivity index (χ3n) is 4.99. The van der Waals surface area contributed by atoms with Gasteiger partial charge in [-0.05, 0) is 44.0 Å². The van der Waals surface area contributed by atoms with Crippen LogP contribution in [0.25, 0.3) is 0 Å². The number of methoxy groups -OCH3 is 1. The number of piperazine rings is 1. The van der Waals surface area contributed by atoms with Crippen molar-refractivity contribution >= 4 is 0 Å². The molecule has 2 aliphatic heterocycles. The van der Waals surface area contributed by atoms with E-state index < -0.39 is 0 Å². The van der Waals surface area contributed by atoms with Crippen molar-refractivity contribution in [1.29, 1.82) is 0 Å². The Morgan fingerprint density at radius 2 is 2.17 bits per heavy atom. The highest BCUT2D eigenvalue weighted by Crippen LogP contribution is 2.30. The molecule has 3 rings (SSSR count). The molecule has 0 unspecified atom stereocenters. The maximum Gasteiger partial charge on any atom is 0.162 e. The van der Waals surface area contributed by atoms with Gasteiger partial charge in [-0.15, -0.1) is 6.42 Å². The number of benzene rings is 1. The van der Waals surface area contributed by atoms with E-state index >= 15 is 0 Å². The minimum absolute atomic E-state index is 0.260. The Balaban J connectivity index is 1.68. The first-order valence-electron chi connectivity index (χ1n) is 8.42. The number of nitrogens with zero attached hydrogens (tertiary/aromatic N) is 2. The minimum atomic E-state index is 0.260. The Bertz CT molecular complexity index is 581. The monoisotopic (exact) mass is 314 g/mol. The van der Waals surface area contributed by atoms with E-state index in [0.717, 1.165) is 18.3 Å². The van der Waals surface area contributed by atoms with Crippen LogP contribution in [0.2, 0.25) is 0 Å². The second-order valence-electron chi connectivity index (χ2n) is 6.55. The van der Waals surface area contributed by atoms with Crippen LogP contribution in [0.3, 0.4) is 0 Å². The predicted octanol–water partition coefficient (Wildman–Crippen LogP) is 2.38. The zero-order valence-corrected chi connectivity index (χ0v) is 14.1. The van der Waals surface area contributed by atoms with E-state index in [1.807, 2.05) is 6.07 Å². The molecule has 0 aromatic heterocycles. The van der Waals surface area contributed by atoms with Gasteiger partial charge < -0.3 is 9.47 Å². The molecule has 0 radical (unpaired) electrons. The van der Waals surface area contributed by atoms with Gasteiger partial charge in [0.25, 0.3) is 0 Å². The number of fused-ring (bicyclic) bond motifs is 1. The summed E-state index contributed by atoms with van der Waals surface area (Å²) >= 11 is 0. The van der Waals surface area contributed by atoms with Crippen molar-refractivity contribution in [2.24, 2.45) is 0 Å². The standard InChI is InChI=1S/C19H26N2O2/c1-4-10-23-18-8-7-16(11-19(18)22-3)13-21-14-17-6-5-9-20(17)12-15(21)2/h1,7-8,11,15,17H,5-6,9-10,12-14H2,2-3H3/t15-,17-/m1/s1. The molecule has 2 atom stereocenters. The predicted molar refractivity (Wildman–Crippen MR) is 91.8 cm³/mol. The van der Waals surface area contributed by atoms with Crippen molar-refractivity contribution in [1.82, 2.24) is 9.80 Å². The average molecular weight is 314 g/mol. The molecule has 1 aromatic rings. The lowest BCUT2D eigenvalue weighted by Crippen LogP contribution is -2.54. The Labute approximate surface area is 139 Å². The maximum atomic E-state index is 5.52. The minimum Gasteiger partial charge on any atom is -0.493 e. The van der Waals surface area contributed by atoms with E-state index in [2.05, 4.69) is 34.8 Å². The van der Waals surface area contributed by atoms with Gasteiger partial charge in [0.05, 0.1) is 7.11 Å². The van der Waals surface area contributed by atoms with Gasteiger partial charge in [0.15, 0.2) is 11.5 Å². The van der Waals surface area contributed by atoms with Gasteiger partial charge in [-0.25, -0.2) is 0 Å². The van der Waals surface area contributed by atoms with Crippen LogP contribution < -0.4 is 9.47 Å². The highest BCUT2D eigenvalue weighted by molar-refractivity contribution is 5.43. The quantitative estimate of drug-likeness (QED) is 0.779. The number of ether oxygens (including phenoxy) is 2. The number of hydrogen-bond acceptors (Lipinski definition) is 4. The summed E-state index contributed by atoms with van der Waals surface area (Å²) in [6.07, 6.45) is 7.94. The summed E-state index contributed by atoms with van der Waals surface area (Å²) in [5.41, 5.74) is 1.26. The molecule has 0 spiro atoms. The van der Waals surface area contributed by atoms with Crippen LogP contribution in [0.15, 0.2) is 18.2 Å². The lowest BCUT2D eigenvalue weighted by molar-refractivity contribution is 0.0540. The van der Waals surface area contributed by atoms with E-state index in [1.165, 1.54) is 38.0 Å². The van der Waals surface area contributed by atoms with Gasteiger partial charge in [-0.3, -0.25) is 9.80 Å². The molecule has 4 heteroatoms. The number of rotatable bonds is 5.